The summed E-state index contributed by atoms with van der Waals surface area (Å²) in [6.45, 7) is 2.28. The van der Waals surface area contributed by atoms with Crippen LogP contribution in [0.4, 0.5) is 0 Å². The van der Waals surface area contributed by atoms with Crippen LogP contribution in [0.2, 0.25) is 0 Å². The van der Waals surface area contributed by atoms with Gasteiger partial charge in [-0.2, -0.15) is 0 Å². The van der Waals surface area contributed by atoms with Gasteiger partial charge in [0.15, 0.2) is 6.61 Å². The molecule has 2 rings (SSSR count). The maximum Gasteiger partial charge on any atom is 0.339 e. The Morgan fingerprint density at radius 2 is 1.76 bits per heavy atom. The number of para-hydroxylation sites is 1. The molecule has 0 fully saturated rings. The van der Waals surface area contributed by atoms with Gasteiger partial charge in [-0.25, -0.2) is 4.79 Å². The van der Waals surface area contributed by atoms with E-state index < -0.39 is 36.8 Å². The molecule has 0 aliphatic rings. The molecule has 0 aliphatic carbocycles. The second-order valence-electron chi connectivity index (χ2n) is 6.08. The predicted octanol–water partition coefficient (Wildman–Crippen LogP) is 1.58. The van der Waals surface area contributed by atoms with E-state index in [0.717, 1.165) is 0 Å². The molecule has 1 aromatic heterocycles. The van der Waals surface area contributed by atoms with E-state index in [1.807, 2.05) is 0 Å². The first kappa shape index (κ1) is 21.7. The lowest BCUT2D eigenvalue weighted by Gasteiger charge is -2.09. The topological polar surface area (TPSA) is 124 Å². The monoisotopic (exact) mass is 402 g/mol. The average molecular weight is 402 g/mol. The zero-order chi connectivity index (χ0) is 21.6. The molecule has 2 aromatic rings. The molecule has 154 valence electrons. The highest BCUT2D eigenvalue weighted by Crippen LogP contribution is 2.19. The first-order valence-corrected chi connectivity index (χ1v) is 8.67. The van der Waals surface area contributed by atoms with E-state index in [-0.39, 0.29) is 16.8 Å². The number of nitrogens with one attached hydrogen (secondary N) is 2. The lowest BCUT2D eigenvalue weighted by Crippen LogP contribution is -2.31. The molecule has 0 aliphatic heterocycles. The number of carbonyl (C=O) groups is 4. The Labute approximate surface area is 167 Å². The molecule has 0 spiro atoms. The van der Waals surface area contributed by atoms with Crippen molar-refractivity contribution >= 4 is 23.6 Å². The molecule has 2 N–H and O–H groups in total. The highest BCUT2D eigenvalue weighted by atomic mass is 16.5. The maximum atomic E-state index is 12.3. The van der Waals surface area contributed by atoms with E-state index >= 15 is 0 Å². The van der Waals surface area contributed by atoms with Crippen LogP contribution in [0.15, 0.2) is 24.3 Å². The van der Waals surface area contributed by atoms with Gasteiger partial charge in [0.2, 0.25) is 5.78 Å². The van der Waals surface area contributed by atoms with Gasteiger partial charge in [0.05, 0.1) is 31.0 Å². The van der Waals surface area contributed by atoms with Crippen molar-refractivity contribution in [3.63, 3.8) is 0 Å². The van der Waals surface area contributed by atoms with Gasteiger partial charge < -0.3 is 24.5 Å². The van der Waals surface area contributed by atoms with Crippen molar-refractivity contribution in [2.75, 3.05) is 27.4 Å². The van der Waals surface area contributed by atoms with Crippen LogP contribution < -0.4 is 10.1 Å². The molecule has 1 heterocycles. The Hall–Kier alpha value is -3.62. The van der Waals surface area contributed by atoms with Crippen molar-refractivity contribution in [3.8, 4) is 5.75 Å². The minimum atomic E-state index is -0.782. The highest BCUT2D eigenvalue weighted by Gasteiger charge is 2.23. The van der Waals surface area contributed by atoms with Gasteiger partial charge in [0.1, 0.15) is 12.3 Å². The molecule has 0 saturated heterocycles. The summed E-state index contributed by atoms with van der Waals surface area (Å²) in [6, 6.07) is 6.55. The van der Waals surface area contributed by atoms with Gasteiger partial charge in [0.25, 0.3) is 5.91 Å². The molecule has 0 bridgehead atoms. The third-order valence-corrected chi connectivity index (χ3v) is 4.21. The number of methoxy groups -OCH3 is 2. The summed E-state index contributed by atoms with van der Waals surface area (Å²) >= 11 is 0. The normalized spacial score (nSPS) is 10.2. The van der Waals surface area contributed by atoms with E-state index in [4.69, 9.17) is 14.2 Å². The number of ketones is 1. The molecule has 1 amide bonds. The SMILES string of the molecule is COC(=O)c1c(C)[nH]c(C(=O)COC(=O)CNC(=O)c2ccccc2OC)c1C. The average Bonchev–Trinajstić information content (AvgIpc) is 3.03. The number of aromatic amines is 1. The van der Waals surface area contributed by atoms with Crippen molar-refractivity contribution in [3.05, 3.63) is 52.3 Å². The van der Waals surface area contributed by atoms with E-state index in [2.05, 4.69) is 10.3 Å². The van der Waals surface area contributed by atoms with Crippen LogP contribution in [0.25, 0.3) is 0 Å². The number of amides is 1. The molecule has 0 atom stereocenters. The van der Waals surface area contributed by atoms with Gasteiger partial charge in [-0.3, -0.25) is 14.4 Å². The Morgan fingerprint density at radius 3 is 2.41 bits per heavy atom. The summed E-state index contributed by atoms with van der Waals surface area (Å²) in [5, 5.41) is 2.41. The number of Topliss-reactive ketones (excluding diaryl/α,β-unsaturated/α-hetero) is 1. The third kappa shape index (κ3) is 5.01. The fourth-order valence-electron chi connectivity index (χ4n) is 2.79. The summed E-state index contributed by atoms with van der Waals surface area (Å²) in [5.41, 5.74) is 1.60. The molecule has 29 heavy (non-hydrogen) atoms. The van der Waals surface area contributed by atoms with Crippen LogP contribution in [0.5, 0.6) is 5.75 Å². The van der Waals surface area contributed by atoms with Crippen LogP contribution in [-0.2, 0) is 14.3 Å². The van der Waals surface area contributed by atoms with Gasteiger partial charge in [-0.1, -0.05) is 12.1 Å². The number of aryl methyl sites for hydroxylation is 1. The number of ether oxygens (including phenoxy) is 3. The van der Waals surface area contributed by atoms with Crippen LogP contribution >= 0.6 is 0 Å². The van der Waals surface area contributed by atoms with Crippen molar-refractivity contribution in [2.24, 2.45) is 0 Å². The van der Waals surface area contributed by atoms with E-state index in [9.17, 15) is 19.2 Å². The third-order valence-electron chi connectivity index (χ3n) is 4.21. The van der Waals surface area contributed by atoms with Gasteiger partial charge in [0, 0.05) is 5.69 Å². The molecule has 0 saturated carbocycles. The van der Waals surface area contributed by atoms with Crippen molar-refractivity contribution in [1.82, 2.24) is 10.3 Å². The number of carbonyl (C=O) groups excluding carboxylic acids is 4. The fourth-order valence-corrected chi connectivity index (χ4v) is 2.79. The summed E-state index contributed by atoms with van der Waals surface area (Å²) in [6.07, 6.45) is 0. The largest absolute Gasteiger partial charge is 0.496 e. The van der Waals surface area contributed by atoms with Crippen LogP contribution in [-0.4, -0.2) is 56.0 Å². The Kier molecular flexibility index (Phi) is 7.13. The van der Waals surface area contributed by atoms with Crippen molar-refractivity contribution < 1.29 is 33.4 Å². The zero-order valence-corrected chi connectivity index (χ0v) is 16.6. The maximum absolute atomic E-state index is 12.3. The minimum Gasteiger partial charge on any atom is -0.496 e. The molecule has 0 unspecified atom stereocenters. The number of hydrogen-bond acceptors (Lipinski definition) is 7. The second kappa shape index (κ2) is 9.54. The van der Waals surface area contributed by atoms with Gasteiger partial charge in [-0.15, -0.1) is 0 Å². The number of H-pyrrole nitrogens is 1. The quantitative estimate of drug-likeness (QED) is 0.507. The lowest BCUT2D eigenvalue weighted by atomic mass is 10.1. The molecule has 0 radical (unpaired) electrons. The fraction of sp³-hybridized carbons (Fsp3) is 0.300. The standard InChI is InChI=1S/C20H22N2O7/c1-11-17(20(26)28-4)12(2)22-18(11)14(23)10-29-16(24)9-21-19(25)13-7-5-6-8-15(13)27-3/h5-8,22H,9-10H2,1-4H3,(H,21,25). The summed E-state index contributed by atoms with van der Waals surface area (Å²) in [5.74, 6) is -2.00. The van der Waals surface area contributed by atoms with E-state index in [1.165, 1.54) is 14.2 Å². The van der Waals surface area contributed by atoms with Crippen LogP contribution in [0.3, 0.4) is 0 Å². The Morgan fingerprint density at radius 1 is 1.07 bits per heavy atom. The zero-order valence-electron chi connectivity index (χ0n) is 16.6. The second-order valence-corrected chi connectivity index (χ2v) is 6.08. The van der Waals surface area contributed by atoms with Gasteiger partial charge >= 0.3 is 11.9 Å². The summed E-state index contributed by atoms with van der Waals surface area (Å²) < 4.78 is 14.7. The number of benzene rings is 1. The van der Waals surface area contributed by atoms with Crippen LogP contribution in [0.1, 0.15) is 42.5 Å². The number of rotatable bonds is 8. The first-order chi connectivity index (χ1) is 13.8. The molecule has 9 heteroatoms. The summed E-state index contributed by atoms with van der Waals surface area (Å²) in [7, 11) is 2.68. The number of aromatic nitrogens is 1. The van der Waals surface area contributed by atoms with E-state index in [0.29, 0.717) is 17.0 Å². The first-order valence-electron chi connectivity index (χ1n) is 8.67. The lowest BCUT2D eigenvalue weighted by molar-refractivity contribution is -0.141. The van der Waals surface area contributed by atoms with Crippen molar-refractivity contribution in [2.45, 2.75) is 13.8 Å². The summed E-state index contributed by atoms with van der Waals surface area (Å²) in [4.78, 5) is 50.9. The molecular formula is C20H22N2O7. The van der Waals surface area contributed by atoms with Crippen molar-refractivity contribution in [1.29, 1.82) is 0 Å². The Balaban J connectivity index is 1.92. The minimum absolute atomic E-state index is 0.161. The van der Waals surface area contributed by atoms with Crippen LogP contribution in [0, 0.1) is 13.8 Å². The molecule has 9 nitrogen and oxygen atoms in total. The van der Waals surface area contributed by atoms with Gasteiger partial charge in [-0.05, 0) is 31.5 Å². The number of esters is 2. The molecule has 1 aromatic carbocycles. The highest BCUT2D eigenvalue weighted by molar-refractivity contribution is 6.03. The predicted molar refractivity (Wildman–Crippen MR) is 102 cm³/mol. The van der Waals surface area contributed by atoms with E-state index in [1.54, 1.807) is 38.1 Å². The number of hydrogen-bond donors (Lipinski definition) is 2. The Bertz CT molecular complexity index is 946. The molecular weight excluding hydrogens is 380 g/mol. The smallest absolute Gasteiger partial charge is 0.339 e.